The smallest absolute Gasteiger partial charge is 0.0574 e. The third kappa shape index (κ3) is 7.26. The second-order valence-electron chi connectivity index (χ2n) is 12.2. The van der Waals surface area contributed by atoms with Gasteiger partial charge in [0.25, 0.3) is 0 Å². The van der Waals surface area contributed by atoms with Gasteiger partial charge in [-0.1, -0.05) is 153 Å². The Bertz CT molecular complexity index is 2330. The molecule has 0 N–H and O–H groups in total. The van der Waals surface area contributed by atoms with Crippen LogP contribution in [0.3, 0.4) is 0 Å². The third-order valence-corrected chi connectivity index (χ3v) is 9.63. The van der Waals surface area contributed by atoms with Crippen LogP contribution in [-0.4, -0.2) is 15.2 Å². The van der Waals surface area contributed by atoms with Gasteiger partial charge in [-0.2, -0.15) is 0 Å². The fourth-order valence-electron chi connectivity index (χ4n) is 7.62. The molecule has 0 amide bonds. The highest BCUT2D eigenvalue weighted by atomic mass is 15.2. The lowest BCUT2D eigenvalue weighted by Gasteiger charge is -2.33. The molecule has 0 saturated carbocycles. The van der Waals surface area contributed by atoms with Gasteiger partial charge in [-0.05, 0) is 67.0 Å². The molecule has 0 saturated heterocycles. The van der Waals surface area contributed by atoms with Gasteiger partial charge in [-0.15, -0.1) is 0 Å². The van der Waals surface area contributed by atoms with Crippen molar-refractivity contribution in [3.63, 3.8) is 0 Å². The Morgan fingerprint density at radius 1 is 0.623 bits per heavy atom. The molecule has 2 aliphatic carbocycles. The van der Waals surface area contributed by atoms with Gasteiger partial charge >= 0.3 is 0 Å². The van der Waals surface area contributed by atoms with E-state index < -0.39 is 0 Å². The first-order chi connectivity index (χ1) is 26.3. The molecule has 9 rings (SSSR count). The van der Waals surface area contributed by atoms with Crippen LogP contribution in [0.4, 0.5) is 5.69 Å². The summed E-state index contributed by atoms with van der Waals surface area (Å²) in [6.07, 6.45) is 23.0. The molecule has 3 aliphatic rings. The van der Waals surface area contributed by atoms with Crippen LogP contribution in [0.1, 0.15) is 85.1 Å². The van der Waals surface area contributed by atoms with Crippen molar-refractivity contribution in [3.05, 3.63) is 163 Å². The number of hydrogen-bond donors (Lipinski definition) is 0. The zero-order valence-corrected chi connectivity index (χ0v) is 33.1. The number of fused-ring (bicyclic) bond motifs is 7. The van der Waals surface area contributed by atoms with E-state index in [9.17, 15) is 0 Å². The Morgan fingerprint density at radius 2 is 1.28 bits per heavy atom. The predicted octanol–water partition coefficient (Wildman–Crippen LogP) is 14.6. The number of nitrogens with zero attached hydrogens (tertiary/aromatic N) is 3. The van der Waals surface area contributed by atoms with Crippen molar-refractivity contribution >= 4 is 55.7 Å². The summed E-state index contributed by atoms with van der Waals surface area (Å²) >= 11 is 0. The number of aromatic nitrogens is 2. The summed E-state index contributed by atoms with van der Waals surface area (Å²) in [5.41, 5.74) is 12.4. The van der Waals surface area contributed by atoms with E-state index in [0.29, 0.717) is 0 Å². The van der Waals surface area contributed by atoms with Gasteiger partial charge in [0.05, 0.1) is 22.6 Å². The first-order valence-electron chi connectivity index (χ1n) is 19.9. The summed E-state index contributed by atoms with van der Waals surface area (Å²) in [6.45, 7) is 20.3. The first kappa shape index (κ1) is 38.7. The van der Waals surface area contributed by atoms with Gasteiger partial charge in [-0.3, -0.25) is 0 Å². The van der Waals surface area contributed by atoms with Crippen LogP contribution in [0.5, 0.6) is 0 Å². The van der Waals surface area contributed by atoms with E-state index in [0.717, 1.165) is 24.8 Å². The van der Waals surface area contributed by atoms with Crippen molar-refractivity contribution in [2.24, 2.45) is 0 Å². The molecule has 1 unspecified atom stereocenters. The molecular weight excluding hydrogens is 643 g/mol. The normalized spacial score (nSPS) is 16.5. The summed E-state index contributed by atoms with van der Waals surface area (Å²) in [4.78, 5) is 2.40. The molecule has 0 fully saturated rings. The molecule has 0 spiro atoms. The van der Waals surface area contributed by atoms with Crippen LogP contribution in [0, 0.1) is 0 Å². The molecule has 3 heteroatoms. The number of para-hydroxylation sites is 3. The quantitative estimate of drug-likeness (QED) is 0.179. The van der Waals surface area contributed by atoms with Crippen LogP contribution >= 0.6 is 0 Å². The molecule has 3 nitrogen and oxygen atoms in total. The summed E-state index contributed by atoms with van der Waals surface area (Å²) in [7, 11) is 0. The minimum absolute atomic E-state index is 0.169. The fraction of sp³-hybridized carbons (Fsp3) is 0.240. The molecular formula is C50H57N3. The molecule has 0 radical (unpaired) electrons. The van der Waals surface area contributed by atoms with Crippen LogP contribution in [-0.2, 0) is 6.42 Å². The number of hydrogen-bond acceptors (Lipinski definition) is 1. The van der Waals surface area contributed by atoms with Gasteiger partial charge in [0.15, 0.2) is 0 Å². The predicted molar refractivity (Wildman–Crippen MR) is 237 cm³/mol. The maximum atomic E-state index is 4.34. The number of rotatable bonds is 3. The minimum Gasteiger partial charge on any atom is -0.340 e. The van der Waals surface area contributed by atoms with E-state index >= 15 is 0 Å². The van der Waals surface area contributed by atoms with E-state index in [1.54, 1.807) is 0 Å². The maximum Gasteiger partial charge on any atom is 0.0574 e. The van der Waals surface area contributed by atoms with Gasteiger partial charge in [0.1, 0.15) is 0 Å². The van der Waals surface area contributed by atoms with E-state index in [2.05, 4.69) is 166 Å². The Hall–Kier alpha value is -5.54. The average Bonchev–Trinajstić information content (AvgIpc) is 3.76. The average molecular weight is 700 g/mol. The van der Waals surface area contributed by atoms with Crippen LogP contribution in [0.15, 0.2) is 146 Å². The monoisotopic (exact) mass is 699 g/mol. The minimum atomic E-state index is 0.169. The fourth-order valence-corrected chi connectivity index (χ4v) is 7.62. The Morgan fingerprint density at radius 3 is 2.06 bits per heavy atom. The maximum absolute atomic E-state index is 4.34. The van der Waals surface area contributed by atoms with Crippen LogP contribution in [0.2, 0.25) is 0 Å². The van der Waals surface area contributed by atoms with Crippen LogP contribution < -0.4 is 4.90 Å². The zero-order chi connectivity index (χ0) is 37.9. The van der Waals surface area contributed by atoms with Gasteiger partial charge in [0.2, 0.25) is 0 Å². The van der Waals surface area contributed by atoms with E-state index in [4.69, 9.17) is 0 Å². The molecule has 6 aromatic rings. The largest absolute Gasteiger partial charge is 0.340 e. The first-order valence-corrected chi connectivity index (χ1v) is 19.9. The van der Waals surface area contributed by atoms with Gasteiger partial charge < -0.3 is 14.0 Å². The summed E-state index contributed by atoms with van der Waals surface area (Å²) in [5, 5.41) is 3.89. The lowest BCUT2D eigenvalue weighted by atomic mass is 9.98. The lowest BCUT2D eigenvalue weighted by molar-refractivity contribution is 0.770. The standard InChI is InChI=1S/C42H33N3.4C2H6/c1-29-13-10-11-26-43(38-20-6-2-16-33(29)38)30-14-12-15-31(27-30)44-41-23-9-5-19-36(41)37-28-32(24-25-42(37)44)45-39-21-7-3-17-34(39)35-18-4-8-22-40(35)45;4*1-2/h2-7,9-21,23-26,28,30H,1,8,22,27H2;4*1-2H3/b13-10-,26-11-;;;;. The van der Waals surface area contributed by atoms with E-state index in [1.165, 1.54) is 66.6 Å². The number of benzene rings is 4. The molecule has 3 heterocycles. The lowest BCUT2D eigenvalue weighted by Crippen LogP contribution is -2.31. The highest BCUT2D eigenvalue weighted by Crippen LogP contribution is 2.40. The van der Waals surface area contributed by atoms with Gasteiger partial charge in [0, 0.05) is 62.7 Å². The van der Waals surface area contributed by atoms with Crippen molar-refractivity contribution in [2.75, 3.05) is 4.90 Å². The number of allylic oxidation sites excluding steroid dienone is 7. The summed E-state index contributed by atoms with van der Waals surface area (Å²) in [5.74, 6) is 0. The zero-order valence-electron chi connectivity index (χ0n) is 33.1. The SMILES string of the molecule is C=C1/C=C\C=C/N(C2C=CC=C(n3c4ccccc4c4cc(-n5c6c(c7ccccc75)C=CCC6)ccc43)C2)c2ccccc21.CC.CC.CC.CC. The van der Waals surface area contributed by atoms with Crippen molar-refractivity contribution in [2.45, 2.75) is 80.7 Å². The second-order valence-corrected chi connectivity index (χ2v) is 12.2. The molecule has 1 atom stereocenters. The summed E-state index contributed by atoms with van der Waals surface area (Å²) < 4.78 is 4.97. The van der Waals surface area contributed by atoms with Gasteiger partial charge in [-0.25, -0.2) is 0 Å². The van der Waals surface area contributed by atoms with Crippen molar-refractivity contribution in [1.82, 2.24) is 9.13 Å². The Kier molecular flexibility index (Phi) is 13.3. The van der Waals surface area contributed by atoms with Crippen LogP contribution in [0.25, 0.3) is 55.7 Å². The topological polar surface area (TPSA) is 13.1 Å². The second kappa shape index (κ2) is 18.3. The number of anilines is 1. The van der Waals surface area contributed by atoms with Crippen molar-refractivity contribution in [3.8, 4) is 5.69 Å². The molecule has 1 aliphatic heterocycles. The highest BCUT2D eigenvalue weighted by molar-refractivity contribution is 6.11. The molecule has 53 heavy (non-hydrogen) atoms. The molecule has 0 bridgehead atoms. The van der Waals surface area contributed by atoms with E-state index in [1.807, 2.05) is 55.4 Å². The molecule has 4 aromatic carbocycles. The molecule has 2 aromatic heterocycles. The highest BCUT2D eigenvalue weighted by Gasteiger charge is 2.25. The molecule has 272 valence electrons. The van der Waals surface area contributed by atoms with Crippen molar-refractivity contribution < 1.29 is 0 Å². The van der Waals surface area contributed by atoms with E-state index in [-0.39, 0.29) is 6.04 Å². The third-order valence-electron chi connectivity index (χ3n) is 9.63. The van der Waals surface area contributed by atoms with Crippen molar-refractivity contribution in [1.29, 1.82) is 0 Å². The Balaban J connectivity index is 0.000000637. The Labute approximate surface area is 318 Å². The summed E-state index contributed by atoms with van der Waals surface area (Å²) in [6, 6.07) is 33.5.